The number of hydrogen-bond donors (Lipinski definition) is 2. The van der Waals surface area contributed by atoms with Crippen molar-refractivity contribution in [3.05, 3.63) is 0 Å². The maximum atomic E-state index is 12.2. The smallest absolute Gasteiger partial charge is 0.321 e. The van der Waals surface area contributed by atoms with Crippen molar-refractivity contribution in [3.8, 4) is 0 Å². The Kier molecular flexibility index (Phi) is 4.91. The third kappa shape index (κ3) is 3.92. The number of imide groups is 1. The molecule has 4 bridgehead atoms. The van der Waals surface area contributed by atoms with Crippen molar-refractivity contribution in [2.24, 2.45) is 17.3 Å². The molecule has 4 aliphatic rings. The molecule has 0 aliphatic heterocycles. The van der Waals surface area contributed by atoms with Crippen LogP contribution in [0.4, 0.5) is 4.79 Å². The Morgan fingerprint density at radius 3 is 2.42 bits per heavy atom. The monoisotopic (exact) mass is 400 g/mol. The molecule has 4 saturated carbocycles. The molecule has 0 saturated heterocycles. The summed E-state index contributed by atoms with van der Waals surface area (Å²) in [7, 11) is 0. The Morgan fingerprint density at radius 1 is 1.17 bits per heavy atom. The van der Waals surface area contributed by atoms with E-state index in [0.29, 0.717) is 24.8 Å². The molecule has 0 spiro atoms. The highest BCUT2D eigenvalue weighted by Gasteiger charge is 2.57. The lowest BCUT2D eigenvalue weighted by Crippen LogP contribution is -2.53. The van der Waals surface area contributed by atoms with Gasteiger partial charge in [0.1, 0.15) is 0 Å². The Hall–Kier alpha value is -1.11. The minimum atomic E-state index is -0.600. The first-order valence-corrected chi connectivity index (χ1v) is 9.53. The predicted molar refractivity (Wildman–Crippen MR) is 91.6 cm³/mol. The van der Waals surface area contributed by atoms with Crippen molar-refractivity contribution in [2.75, 3.05) is 13.2 Å². The summed E-state index contributed by atoms with van der Waals surface area (Å²) in [6.07, 6.45) is 7.31. The highest BCUT2D eigenvalue weighted by Crippen LogP contribution is 2.65. The number of alkyl halides is 1. The summed E-state index contributed by atoms with van der Waals surface area (Å²) >= 11 is 3.93. The van der Waals surface area contributed by atoms with Crippen molar-refractivity contribution >= 4 is 33.8 Å². The van der Waals surface area contributed by atoms with Gasteiger partial charge < -0.3 is 10.1 Å². The van der Waals surface area contributed by atoms with Crippen LogP contribution in [0.5, 0.6) is 0 Å². The quantitative estimate of drug-likeness (QED) is 0.548. The fraction of sp³-hybridized carbons (Fsp3) is 0.824. The number of urea groups is 1. The number of nitrogens with one attached hydrogen (secondary N) is 2. The van der Waals surface area contributed by atoms with Crippen LogP contribution in [0.1, 0.15) is 51.9 Å². The number of esters is 1. The molecule has 0 unspecified atom stereocenters. The molecule has 0 aromatic carbocycles. The zero-order valence-electron chi connectivity index (χ0n) is 14.0. The second-order valence-electron chi connectivity index (χ2n) is 7.86. The van der Waals surface area contributed by atoms with E-state index in [1.807, 2.05) is 0 Å². The van der Waals surface area contributed by atoms with E-state index in [1.165, 1.54) is 19.3 Å². The average molecular weight is 401 g/mol. The molecule has 4 fully saturated rings. The molecule has 0 radical (unpaired) electrons. The van der Waals surface area contributed by atoms with Gasteiger partial charge in [-0.3, -0.25) is 14.9 Å². The van der Waals surface area contributed by atoms with Gasteiger partial charge in [0.05, 0.1) is 6.42 Å². The number of halogens is 1. The van der Waals surface area contributed by atoms with Gasteiger partial charge in [0.2, 0.25) is 0 Å². The summed E-state index contributed by atoms with van der Waals surface area (Å²) in [6, 6.07) is -0.569. The van der Waals surface area contributed by atoms with Crippen LogP contribution in [0, 0.1) is 17.3 Å². The fourth-order valence-corrected chi connectivity index (χ4v) is 6.92. The Balaban J connectivity index is 1.49. The molecule has 2 N–H and O–H groups in total. The molecule has 134 valence electrons. The maximum Gasteiger partial charge on any atom is 0.321 e. The summed E-state index contributed by atoms with van der Waals surface area (Å²) in [5.41, 5.74) is 0.0285. The Bertz CT molecular complexity index is 537. The summed E-state index contributed by atoms with van der Waals surface area (Å²) in [5, 5.41) is 4.58. The van der Waals surface area contributed by atoms with E-state index in [1.54, 1.807) is 6.92 Å². The minimum absolute atomic E-state index is 0.0285. The van der Waals surface area contributed by atoms with Crippen LogP contribution in [0.25, 0.3) is 0 Å². The highest BCUT2D eigenvalue weighted by molar-refractivity contribution is 9.10. The first-order valence-electron chi connectivity index (χ1n) is 8.74. The van der Waals surface area contributed by atoms with E-state index in [-0.39, 0.29) is 15.7 Å². The summed E-state index contributed by atoms with van der Waals surface area (Å²) in [5.74, 6) is 0.481. The van der Waals surface area contributed by atoms with Gasteiger partial charge in [-0.05, 0) is 62.7 Å². The minimum Gasteiger partial charge on any atom is -0.456 e. The van der Waals surface area contributed by atoms with Crippen molar-refractivity contribution in [3.63, 3.8) is 0 Å². The molecule has 2 atom stereocenters. The standard InChI is InChI=1S/C17H25BrN2O4/c1-2-19-15(23)20-13(21)9-24-14(22)8-16-4-11-3-12(5-16)7-17(18,6-11)10-16/h11-12H,2-10H2,1H3,(H2,19,20,21,23)/t11-,12-,16?,17?/m0/s1. The lowest BCUT2D eigenvalue weighted by Gasteiger charge is -2.60. The first kappa shape index (κ1) is 17.7. The molecular formula is C17H25BrN2O4. The second kappa shape index (κ2) is 6.65. The van der Waals surface area contributed by atoms with E-state index in [9.17, 15) is 14.4 Å². The number of carbonyl (C=O) groups excluding carboxylic acids is 3. The van der Waals surface area contributed by atoms with Crippen LogP contribution in [-0.4, -0.2) is 35.4 Å². The number of amides is 3. The zero-order chi connectivity index (χ0) is 17.4. The fourth-order valence-electron chi connectivity index (χ4n) is 5.41. The average Bonchev–Trinajstić information content (AvgIpc) is 2.42. The van der Waals surface area contributed by atoms with Crippen LogP contribution in [0.3, 0.4) is 0 Å². The summed E-state index contributed by atoms with van der Waals surface area (Å²) in [4.78, 5) is 35.1. The number of carbonyl (C=O) groups is 3. The predicted octanol–water partition coefficient (Wildman–Crippen LogP) is 2.50. The summed E-state index contributed by atoms with van der Waals surface area (Å²) < 4.78 is 5.31. The van der Waals surface area contributed by atoms with Gasteiger partial charge in [-0.25, -0.2) is 4.79 Å². The number of hydrogen-bond acceptors (Lipinski definition) is 4. The van der Waals surface area contributed by atoms with Crippen LogP contribution in [0.15, 0.2) is 0 Å². The van der Waals surface area contributed by atoms with Crippen LogP contribution >= 0.6 is 15.9 Å². The first-order chi connectivity index (χ1) is 11.3. The van der Waals surface area contributed by atoms with Gasteiger partial charge >= 0.3 is 12.0 Å². The lowest BCUT2D eigenvalue weighted by atomic mass is 9.49. The van der Waals surface area contributed by atoms with Crippen molar-refractivity contribution in [1.82, 2.24) is 10.6 Å². The Labute approximate surface area is 150 Å². The normalized spacial score (nSPS) is 36.2. The SMILES string of the molecule is CCNC(=O)NC(=O)COC(=O)CC12C[C@@H]3C[C@H](CC(Br)(C3)C1)C2. The molecule has 3 amide bonds. The second-order valence-corrected chi connectivity index (χ2v) is 9.54. The molecule has 0 heterocycles. The molecule has 24 heavy (non-hydrogen) atoms. The third-order valence-electron chi connectivity index (χ3n) is 5.58. The molecule has 4 rings (SSSR count). The van der Waals surface area contributed by atoms with Crippen LogP contribution in [-0.2, 0) is 14.3 Å². The number of rotatable bonds is 5. The molecule has 7 heteroatoms. The van der Waals surface area contributed by atoms with E-state index in [4.69, 9.17) is 4.74 Å². The van der Waals surface area contributed by atoms with Gasteiger partial charge in [0.15, 0.2) is 6.61 Å². The van der Waals surface area contributed by atoms with Gasteiger partial charge in [-0.15, -0.1) is 0 Å². The van der Waals surface area contributed by atoms with Gasteiger partial charge in [-0.1, -0.05) is 15.9 Å². The molecular weight excluding hydrogens is 376 g/mol. The highest BCUT2D eigenvalue weighted by atomic mass is 79.9. The van der Waals surface area contributed by atoms with E-state index < -0.39 is 18.5 Å². The van der Waals surface area contributed by atoms with E-state index in [2.05, 4.69) is 26.6 Å². The molecule has 6 nitrogen and oxygen atoms in total. The Morgan fingerprint density at radius 2 is 1.83 bits per heavy atom. The number of ether oxygens (including phenoxy) is 1. The molecule has 0 aromatic rings. The van der Waals surface area contributed by atoms with Crippen molar-refractivity contribution in [2.45, 2.75) is 56.2 Å². The van der Waals surface area contributed by atoms with Gasteiger partial charge in [0.25, 0.3) is 5.91 Å². The molecule has 4 aliphatic carbocycles. The largest absolute Gasteiger partial charge is 0.456 e. The summed E-state index contributed by atoms with van der Waals surface area (Å²) in [6.45, 7) is 1.78. The van der Waals surface area contributed by atoms with Gasteiger partial charge in [-0.2, -0.15) is 0 Å². The van der Waals surface area contributed by atoms with Crippen LogP contribution in [0.2, 0.25) is 0 Å². The lowest BCUT2D eigenvalue weighted by molar-refractivity contribution is -0.154. The third-order valence-corrected chi connectivity index (χ3v) is 6.51. The van der Waals surface area contributed by atoms with Gasteiger partial charge in [0, 0.05) is 10.9 Å². The zero-order valence-corrected chi connectivity index (χ0v) is 15.6. The van der Waals surface area contributed by atoms with E-state index >= 15 is 0 Å². The van der Waals surface area contributed by atoms with Crippen molar-refractivity contribution in [1.29, 1.82) is 0 Å². The maximum absolute atomic E-state index is 12.2. The topological polar surface area (TPSA) is 84.5 Å². The van der Waals surface area contributed by atoms with Crippen molar-refractivity contribution < 1.29 is 19.1 Å². The van der Waals surface area contributed by atoms with Crippen LogP contribution < -0.4 is 10.6 Å². The van der Waals surface area contributed by atoms with E-state index in [0.717, 1.165) is 19.3 Å². The molecule has 0 aromatic heterocycles.